The first-order valence-corrected chi connectivity index (χ1v) is 6.70. The van der Waals surface area contributed by atoms with Crippen molar-refractivity contribution in [2.75, 3.05) is 13.7 Å². The summed E-state index contributed by atoms with van der Waals surface area (Å²) in [7, 11) is 1.33. The molecule has 1 fully saturated rings. The van der Waals surface area contributed by atoms with Crippen LogP contribution in [0, 0.1) is 0 Å². The van der Waals surface area contributed by atoms with Crippen molar-refractivity contribution in [3.8, 4) is 5.75 Å². The normalized spacial score (nSPS) is 16.4. The number of allylic oxidation sites excluding steroid dienone is 2. The van der Waals surface area contributed by atoms with Crippen molar-refractivity contribution in [2.24, 2.45) is 0 Å². The van der Waals surface area contributed by atoms with Gasteiger partial charge in [-0.15, -0.1) is 0 Å². The molecule has 2 rings (SSSR count). The second kappa shape index (κ2) is 6.89. The van der Waals surface area contributed by atoms with Crippen LogP contribution in [-0.2, 0) is 20.7 Å². The minimum atomic E-state index is -0.413. The second-order valence-corrected chi connectivity index (χ2v) is 4.68. The molecule has 1 aromatic rings. The van der Waals surface area contributed by atoms with Crippen LogP contribution < -0.4 is 4.74 Å². The summed E-state index contributed by atoms with van der Waals surface area (Å²) in [6.45, 7) is -0.108. The molecule has 0 radical (unpaired) electrons. The molecule has 20 heavy (non-hydrogen) atoms. The summed E-state index contributed by atoms with van der Waals surface area (Å²) in [4.78, 5) is 22.7. The van der Waals surface area contributed by atoms with Crippen LogP contribution in [0.3, 0.4) is 0 Å². The highest BCUT2D eigenvalue weighted by Crippen LogP contribution is 2.23. The fraction of sp³-hybridized carbons (Fsp3) is 0.375. The fourth-order valence-corrected chi connectivity index (χ4v) is 2.20. The molecule has 1 aliphatic carbocycles. The Bertz CT molecular complexity index is 531. The number of methoxy groups -OCH3 is 1. The van der Waals surface area contributed by atoms with Crippen LogP contribution in [0.1, 0.15) is 24.8 Å². The summed E-state index contributed by atoms with van der Waals surface area (Å²) >= 11 is 0. The molecule has 0 aromatic heterocycles. The number of Topliss-reactive ketones (excluding diaryl/α,β-unsaturated/α-hetero) is 1. The SMILES string of the molecule is COC(=O)COc1ccccc1C/C=C1\CCCC1=O. The zero-order chi connectivity index (χ0) is 14.4. The Hall–Kier alpha value is -2.10. The standard InChI is InChI=1S/C16H18O4/c1-19-16(18)11-20-15-8-3-2-5-13(15)10-9-12-6-4-7-14(12)17/h2-3,5,8-9H,4,6-7,10-11H2,1H3/b12-9+. The lowest BCUT2D eigenvalue weighted by Gasteiger charge is -2.09. The van der Waals surface area contributed by atoms with Gasteiger partial charge in [-0.05, 0) is 36.5 Å². The van der Waals surface area contributed by atoms with E-state index in [4.69, 9.17) is 4.74 Å². The molecule has 0 heterocycles. The second-order valence-electron chi connectivity index (χ2n) is 4.68. The number of hydrogen-bond acceptors (Lipinski definition) is 4. The topological polar surface area (TPSA) is 52.6 Å². The molecular formula is C16H18O4. The van der Waals surface area contributed by atoms with Crippen LogP contribution in [0.5, 0.6) is 5.75 Å². The summed E-state index contributed by atoms with van der Waals surface area (Å²) in [5.74, 6) is 0.488. The van der Waals surface area contributed by atoms with Gasteiger partial charge in [0.2, 0.25) is 0 Å². The highest BCUT2D eigenvalue weighted by molar-refractivity contribution is 5.97. The van der Waals surface area contributed by atoms with Gasteiger partial charge in [-0.25, -0.2) is 4.79 Å². The van der Waals surface area contributed by atoms with Crippen molar-refractivity contribution in [3.63, 3.8) is 0 Å². The maximum atomic E-state index is 11.6. The zero-order valence-corrected chi connectivity index (χ0v) is 11.6. The summed E-state index contributed by atoms with van der Waals surface area (Å²) in [5, 5.41) is 0. The van der Waals surface area contributed by atoms with Crippen molar-refractivity contribution >= 4 is 11.8 Å². The molecule has 0 N–H and O–H groups in total. The largest absolute Gasteiger partial charge is 0.482 e. The van der Waals surface area contributed by atoms with E-state index in [-0.39, 0.29) is 12.4 Å². The average molecular weight is 274 g/mol. The molecule has 106 valence electrons. The number of rotatable bonds is 5. The highest BCUT2D eigenvalue weighted by atomic mass is 16.6. The predicted octanol–water partition coefficient (Wildman–Crippen LogP) is 2.46. The minimum Gasteiger partial charge on any atom is -0.482 e. The first kappa shape index (κ1) is 14.3. The third kappa shape index (κ3) is 3.70. The Labute approximate surface area is 118 Å². The van der Waals surface area contributed by atoms with Gasteiger partial charge in [-0.3, -0.25) is 4.79 Å². The van der Waals surface area contributed by atoms with Crippen molar-refractivity contribution in [1.82, 2.24) is 0 Å². The number of benzene rings is 1. The van der Waals surface area contributed by atoms with E-state index in [0.29, 0.717) is 18.6 Å². The smallest absolute Gasteiger partial charge is 0.343 e. The Morgan fingerprint density at radius 3 is 2.80 bits per heavy atom. The van der Waals surface area contributed by atoms with Crippen LogP contribution in [0.4, 0.5) is 0 Å². The van der Waals surface area contributed by atoms with Gasteiger partial charge in [0.1, 0.15) is 5.75 Å². The van der Waals surface area contributed by atoms with Crippen LogP contribution in [-0.4, -0.2) is 25.5 Å². The molecular weight excluding hydrogens is 256 g/mol. The van der Waals surface area contributed by atoms with E-state index in [2.05, 4.69) is 4.74 Å². The van der Waals surface area contributed by atoms with Gasteiger partial charge in [0.05, 0.1) is 7.11 Å². The monoisotopic (exact) mass is 274 g/mol. The molecule has 0 spiro atoms. The van der Waals surface area contributed by atoms with E-state index in [1.54, 1.807) is 0 Å². The Morgan fingerprint density at radius 1 is 1.30 bits per heavy atom. The molecule has 0 aliphatic heterocycles. The van der Waals surface area contributed by atoms with Gasteiger partial charge in [-0.1, -0.05) is 24.3 Å². The molecule has 1 aromatic carbocycles. The highest BCUT2D eigenvalue weighted by Gasteiger charge is 2.16. The molecule has 4 nitrogen and oxygen atoms in total. The Kier molecular flexibility index (Phi) is 4.93. The lowest BCUT2D eigenvalue weighted by atomic mass is 10.1. The number of esters is 1. The van der Waals surface area contributed by atoms with Gasteiger partial charge in [-0.2, -0.15) is 0 Å². The first-order valence-electron chi connectivity index (χ1n) is 6.70. The van der Waals surface area contributed by atoms with E-state index >= 15 is 0 Å². The number of para-hydroxylation sites is 1. The maximum absolute atomic E-state index is 11.6. The lowest BCUT2D eigenvalue weighted by Crippen LogP contribution is -2.13. The third-order valence-electron chi connectivity index (χ3n) is 3.32. The fourth-order valence-electron chi connectivity index (χ4n) is 2.20. The van der Waals surface area contributed by atoms with Gasteiger partial charge in [0.25, 0.3) is 0 Å². The molecule has 1 aliphatic rings. The summed E-state index contributed by atoms with van der Waals surface area (Å²) in [6, 6.07) is 7.51. The number of ether oxygens (including phenoxy) is 2. The van der Waals surface area contributed by atoms with Crippen molar-refractivity contribution < 1.29 is 19.1 Å². The summed E-state index contributed by atoms with van der Waals surface area (Å²) in [5.41, 5.74) is 1.87. The Morgan fingerprint density at radius 2 is 2.10 bits per heavy atom. The minimum absolute atomic E-state index is 0.108. The first-order chi connectivity index (χ1) is 9.70. The quantitative estimate of drug-likeness (QED) is 0.611. The maximum Gasteiger partial charge on any atom is 0.343 e. The average Bonchev–Trinajstić information content (AvgIpc) is 2.88. The number of carbonyl (C=O) groups is 2. The number of carbonyl (C=O) groups excluding carboxylic acids is 2. The number of ketones is 1. The van der Waals surface area contributed by atoms with Crippen LogP contribution in [0.15, 0.2) is 35.9 Å². The van der Waals surface area contributed by atoms with Gasteiger partial charge in [0, 0.05) is 6.42 Å². The van der Waals surface area contributed by atoms with Crippen LogP contribution in [0.2, 0.25) is 0 Å². The summed E-state index contributed by atoms with van der Waals surface area (Å²) < 4.78 is 9.99. The van der Waals surface area contributed by atoms with E-state index in [1.807, 2.05) is 30.3 Å². The van der Waals surface area contributed by atoms with Crippen LogP contribution >= 0.6 is 0 Å². The zero-order valence-electron chi connectivity index (χ0n) is 11.6. The van der Waals surface area contributed by atoms with Gasteiger partial charge in [0.15, 0.2) is 12.4 Å². The molecule has 0 amide bonds. The molecule has 0 bridgehead atoms. The number of hydrogen-bond donors (Lipinski definition) is 0. The van der Waals surface area contributed by atoms with Crippen LogP contribution in [0.25, 0.3) is 0 Å². The third-order valence-corrected chi connectivity index (χ3v) is 3.32. The molecule has 0 saturated heterocycles. The van der Waals surface area contributed by atoms with E-state index in [1.165, 1.54) is 7.11 Å². The lowest BCUT2D eigenvalue weighted by molar-refractivity contribution is -0.142. The van der Waals surface area contributed by atoms with Crippen molar-refractivity contribution in [3.05, 3.63) is 41.5 Å². The predicted molar refractivity (Wildman–Crippen MR) is 74.6 cm³/mol. The molecule has 1 saturated carbocycles. The molecule has 4 heteroatoms. The summed E-state index contributed by atoms with van der Waals surface area (Å²) in [6.07, 6.45) is 5.08. The van der Waals surface area contributed by atoms with E-state index < -0.39 is 5.97 Å². The van der Waals surface area contributed by atoms with Gasteiger partial charge < -0.3 is 9.47 Å². The van der Waals surface area contributed by atoms with E-state index in [9.17, 15) is 9.59 Å². The van der Waals surface area contributed by atoms with Crippen molar-refractivity contribution in [1.29, 1.82) is 0 Å². The van der Waals surface area contributed by atoms with Crippen molar-refractivity contribution in [2.45, 2.75) is 25.7 Å². The Balaban J connectivity index is 2.04. The van der Waals surface area contributed by atoms with E-state index in [0.717, 1.165) is 24.0 Å². The molecule has 0 unspecified atom stereocenters. The van der Waals surface area contributed by atoms with Gasteiger partial charge >= 0.3 is 5.97 Å². The molecule has 0 atom stereocenters.